The van der Waals surface area contributed by atoms with Gasteiger partial charge >= 0.3 is 0 Å². The molecule has 0 bridgehead atoms. The molecule has 2 heterocycles. The van der Waals surface area contributed by atoms with Crippen molar-refractivity contribution in [2.45, 2.75) is 45.2 Å². The minimum absolute atomic E-state index is 0. The van der Waals surface area contributed by atoms with Crippen LogP contribution in [0.25, 0.3) is 10.9 Å². The second kappa shape index (κ2) is 13.3. The number of methoxy groups -OCH3 is 1. The molecule has 1 aliphatic heterocycles. The number of nitrogens with one attached hydrogen (secondary N) is 1. The van der Waals surface area contributed by atoms with Crippen LogP contribution in [-0.4, -0.2) is 61.3 Å². The van der Waals surface area contributed by atoms with Gasteiger partial charge in [-0.2, -0.15) is 0 Å². The lowest BCUT2D eigenvalue weighted by atomic mass is 10.0. The molecule has 1 N–H and O–H groups in total. The maximum Gasteiger partial charge on any atom is 0.273 e. The van der Waals surface area contributed by atoms with E-state index in [0.29, 0.717) is 35.2 Å². The highest BCUT2D eigenvalue weighted by Gasteiger charge is 2.29. The lowest BCUT2D eigenvalue weighted by Crippen LogP contribution is -2.51. The van der Waals surface area contributed by atoms with Crippen LogP contribution in [0.2, 0.25) is 5.02 Å². The van der Waals surface area contributed by atoms with E-state index in [9.17, 15) is 4.79 Å². The fraction of sp³-hybridized carbons (Fsp3) is 0.545. The number of carbonyl (C=O) groups is 1. The number of nitrogens with zero attached hydrogens (tertiary/aromatic N) is 2. The largest absolute Gasteiger partial charge is 0.493 e. The van der Waals surface area contributed by atoms with Crippen molar-refractivity contribution in [3.05, 3.63) is 35.0 Å². The average Bonchev–Trinajstić information content (AvgIpc) is 2.71. The highest BCUT2D eigenvalue weighted by Crippen LogP contribution is 2.29. The molecule has 3 rings (SSSR count). The van der Waals surface area contributed by atoms with Gasteiger partial charge in [0.25, 0.3) is 5.91 Å². The SMILES string of the molecule is COCCCOc1cc(C(=O)N(C(C)C)[C@@H]2CCCNC2)nc2ccc(Cl)cc12.Cl.Cl. The topological polar surface area (TPSA) is 63.7 Å². The predicted molar refractivity (Wildman–Crippen MR) is 130 cm³/mol. The number of ether oxygens (including phenoxy) is 2. The van der Waals surface area contributed by atoms with Gasteiger partial charge in [0, 0.05) is 55.2 Å². The van der Waals surface area contributed by atoms with Crippen molar-refractivity contribution in [1.82, 2.24) is 15.2 Å². The van der Waals surface area contributed by atoms with Crippen LogP contribution in [-0.2, 0) is 4.74 Å². The Morgan fingerprint density at radius 2 is 2.06 bits per heavy atom. The Bertz CT molecular complexity index is 845. The maximum absolute atomic E-state index is 13.5. The highest BCUT2D eigenvalue weighted by molar-refractivity contribution is 6.31. The molecule has 1 aromatic carbocycles. The molecule has 0 aliphatic carbocycles. The predicted octanol–water partition coefficient (Wildman–Crippen LogP) is 4.75. The summed E-state index contributed by atoms with van der Waals surface area (Å²) in [5, 5.41) is 4.81. The van der Waals surface area contributed by atoms with E-state index in [0.717, 1.165) is 37.7 Å². The van der Waals surface area contributed by atoms with Crippen LogP contribution in [0.15, 0.2) is 24.3 Å². The molecule has 2 aromatic rings. The molecular weight excluding hydrogens is 461 g/mol. The number of hydrogen-bond donors (Lipinski definition) is 1. The molecule has 0 spiro atoms. The molecule has 1 aromatic heterocycles. The zero-order chi connectivity index (χ0) is 20.8. The maximum atomic E-state index is 13.5. The van der Waals surface area contributed by atoms with E-state index in [2.05, 4.69) is 24.1 Å². The molecule has 6 nitrogen and oxygen atoms in total. The van der Waals surface area contributed by atoms with Crippen LogP contribution in [0, 0.1) is 0 Å². The molecule has 1 fully saturated rings. The van der Waals surface area contributed by atoms with Crippen LogP contribution < -0.4 is 10.1 Å². The van der Waals surface area contributed by atoms with Crippen molar-refractivity contribution in [2.75, 3.05) is 33.4 Å². The fourth-order valence-corrected chi connectivity index (χ4v) is 3.98. The summed E-state index contributed by atoms with van der Waals surface area (Å²) in [4.78, 5) is 20.1. The summed E-state index contributed by atoms with van der Waals surface area (Å²) in [7, 11) is 1.67. The minimum Gasteiger partial charge on any atom is -0.493 e. The number of rotatable bonds is 8. The van der Waals surface area contributed by atoms with E-state index in [-0.39, 0.29) is 42.8 Å². The third-order valence-electron chi connectivity index (χ3n) is 5.16. The Labute approximate surface area is 201 Å². The molecule has 174 valence electrons. The summed E-state index contributed by atoms with van der Waals surface area (Å²) in [6.45, 7) is 7.03. The molecule has 1 saturated heterocycles. The first-order valence-electron chi connectivity index (χ1n) is 10.3. The number of hydrogen-bond acceptors (Lipinski definition) is 5. The molecular formula is C22H32Cl3N3O3. The minimum atomic E-state index is -0.0627. The standard InChI is InChI=1S/C22H30ClN3O3.2ClH/c1-15(2)26(17-6-4-9-24-14-17)22(27)20-13-21(29-11-5-10-28-3)18-12-16(23)7-8-19(18)25-20;;/h7-8,12-13,15,17,24H,4-6,9-11,14H2,1-3H3;2*1H/t17-;;/m1../s1. The highest BCUT2D eigenvalue weighted by atomic mass is 35.5. The van der Waals surface area contributed by atoms with E-state index >= 15 is 0 Å². The zero-order valence-corrected chi connectivity index (χ0v) is 20.6. The molecule has 0 radical (unpaired) electrons. The van der Waals surface area contributed by atoms with Gasteiger partial charge in [-0.15, -0.1) is 24.8 Å². The van der Waals surface area contributed by atoms with Gasteiger partial charge in [0.05, 0.1) is 12.1 Å². The molecule has 1 aliphatic rings. The second-order valence-corrected chi connectivity index (χ2v) is 8.10. The number of fused-ring (bicyclic) bond motifs is 1. The monoisotopic (exact) mass is 491 g/mol. The van der Waals surface area contributed by atoms with E-state index in [1.54, 1.807) is 19.2 Å². The van der Waals surface area contributed by atoms with Crippen molar-refractivity contribution in [2.24, 2.45) is 0 Å². The fourth-order valence-electron chi connectivity index (χ4n) is 3.81. The summed E-state index contributed by atoms with van der Waals surface area (Å²) in [5.41, 5.74) is 1.10. The third-order valence-corrected chi connectivity index (χ3v) is 5.39. The number of halogens is 3. The lowest BCUT2D eigenvalue weighted by Gasteiger charge is -2.37. The van der Waals surface area contributed by atoms with Gasteiger partial charge in [0.2, 0.25) is 0 Å². The quantitative estimate of drug-likeness (QED) is 0.539. The van der Waals surface area contributed by atoms with E-state index < -0.39 is 0 Å². The Hall–Kier alpha value is -1.31. The van der Waals surface area contributed by atoms with Gasteiger partial charge in [-0.3, -0.25) is 4.79 Å². The number of carbonyl (C=O) groups excluding carboxylic acids is 1. The van der Waals surface area contributed by atoms with Crippen LogP contribution >= 0.6 is 36.4 Å². The number of pyridine rings is 1. The molecule has 0 unspecified atom stereocenters. The Balaban J connectivity index is 0.00000240. The van der Waals surface area contributed by atoms with Crippen molar-refractivity contribution >= 4 is 53.2 Å². The van der Waals surface area contributed by atoms with Gasteiger partial charge in [-0.1, -0.05) is 11.6 Å². The molecule has 1 atom stereocenters. The van der Waals surface area contributed by atoms with Crippen LogP contribution in [0.3, 0.4) is 0 Å². The Kier molecular flexibility index (Phi) is 11.9. The van der Waals surface area contributed by atoms with Crippen LogP contribution in [0.5, 0.6) is 5.75 Å². The van der Waals surface area contributed by atoms with E-state index in [1.165, 1.54) is 0 Å². The normalized spacial score (nSPS) is 15.8. The van der Waals surface area contributed by atoms with E-state index in [1.807, 2.05) is 17.0 Å². The first kappa shape index (κ1) is 27.7. The van der Waals surface area contributed by atoms with E-state index in [4.69, 9.17) is 21.1 Å². The Morgan fingerprint density at radius 1 is 1.29 bits per heavy atom. The summed E-state index contributed by atoms with van der Waals surface area (Å²) < 4.78 is 11.1. The van der Waals surface area contributed by atoms with Crippen molar-refractivity contribution < 1.29 is 14.3 Å². The third kappa shape index (κ3) is 7.09. The number of piperidine rings is 1. The number of benzene rings is 1. The number of amides is 1. The number of aromatic nitrogens is 1. The summed E-state index contributed by atoms with van der Waals surface area (Å²) in [6.07, 6.45) is 2.83. The summed E-state index contributed by atoms with van der Waals surface area (Å²) in [6, 6.07) is 7.45. The van der Waals surface area contributed by atoms with Crippen molar-refractivity contribution in [1.29, 1.82) is 0 Å². The van der Waals surface area contributed by atoms with Gasteiger partial charge in [0.1, 0.15) is 11.4 Å². The van der Waals surface area contributed by atoms with Gasteiger partial charge in [-0.05, 0) is 51.4 Å². The van der Waals surface area contributed by atoms with Crippen molar-refractivity contribution in [3.8, 4) is 5.75 Å². The summed E-state index contributed by atoms with van der Waals surface area (Å²) in [5.74, 6) is 0.565. The molecule has 1 amide bonds. The smallest absolute Gasteiger partial charge is 0.273 e. The van der Waals surface area contributed by atoms with Crippen molar-refractivity contribution in [3.63, 3.8) is 0 Å². The van der Waals surface area contributed by atoms with Crippen LogP contribution in [0.1, 0.15) is 43.6 Å². The Morgan fingerprint density at radius 3 is 2.71 bits per heavy atom. The lowest BCUT2D eigenvalue weighted by molar-refractivity contribution is 0.0567. The summed E-state index contributed by atoms with van der Waals surface area (Å²) >= 11 is 6.18. The molecule has 31 heavy (non-hydrogen) atoms. The average molecular weight is 493 g/mol. The first-order valence-corrected chi connectivity index (χ1v) is 10.6. The van der Waals surface area contributed by atoms with Crippen LogP contribution in [0.4, 0.5) is 0 Å². The first-order chi connectivity index (χ1) is 14.0. The van der Waals surface area contributed by atoms with Gasteiger partial charge in [-0.25, -0.2) is 4.98 Å². The molecule has 9 heteroatoms. The molecule has 0 saturated carbocycles. The van der Waals surface area contributed by atoms with Gasteiger partial charge < -0.3 is 19.7 Å². The van der Waals surface area contributed by atoms with Gasteiger partial charge in [0.15, 0.2) is 0 Å². The zero-order valence-electron chi connectivity index (χ0n) is 18.2. The second-order valence-electron chi connectivity index (χ2n) is 7.67.